The Morgan fingerprint density at radius 2 is 0.745 bits per heavy atom. The number of hydrogen-bond acceptors (Lipinski definition) is 6. The summed E-state index contributed by atoms with van der Waals surface area (Å²) in [5.74, 6) is 0. The first-order valence-electron chi connectivity index (χ1n) is 15.3. The van der Waals surface area contributed by atoms with Crippen molar-refractivity contribution in [1.82, 2.24) is 0 Å². The number of benzene rings is 7. The summed E-state index contributed by atoms with van der Waals surface area (Å²) in [6.45, 7) is 0. The summed E-state index contributed by atoms with van der Waals surface area (Å²) < 4.78 is 0. The molecular formula is C40H32Cl9N3S3. The van der Waals surface area contributed by atoms with Crippen molar-refractivity contribution >= 4 is 170 Å². The molecule has 0 aromatic heterocycles. The molecule has 0 atom stereocenters. The summed E-state index contributed by atoms with van der Waals surface area (Å²) in [7, 11) is 0. The smallest absolute Gasteiger partial charge is 0.0731 e. The quantitative estimate of drug-likeness (QED) is 0.144. The van der Waals surface area contributed by atoms with Crippen molar-refractivity contribution in [2.75, 3.05) is 17.2 Å². The molecule has 0 aliphatic rings. The summed E-state index contributed by atoms with van der Waals surface area (Å²) in [6.07, 6.45) is 0. The summed E-state index contributed by atoms with van der Waals surface area (Å²) in [5.41, 5.74) is 19.0. The number of hydrogen-bond donors (Lipinski definition) is 3. The zero-order chi connectivity index (χ0) is 37.2. The number of nitrogens with two attached hydrogens (primary N) is 3. The van der Waals surface area contributed by atoms with E-state index in [0.717, 1.165) is 29.5 Å². The highest BCUT2D eigenvalue weighted by atomic mass is 35.5. The number of anilines is 3. The second kappa shape index (κ2) is 23.9. The molecule has 7 rings (SSSR count). The van der Waals surface area contributed by atoms with E-state index in [9.17, 15) is 0 Å². The van der Waals surface area contributed by atoms with Gasteiger partial charge >= 0.3 is 0 Å². The van der Waals surface area contributed by atoms with E-state index in [2.05, 4.69) is 30.3 Å². The third kappa shape index (κ3) is 14.6. The third-order valence-corrected chi connectivity index (χ3v) is 13.0. The average molecular weight is 970 g/mol. The van der Waals surface area contributed by atoms with Crippen LogP contribution in [0.15, 0.2) is 169 Å². The van der Waals surface area contributed by atoms with Crippen molar-refractivity contribution in [3.63, 3.8) is 0 Å². The van der Waals surface area contributed by atoms with Crippen LogP contribution in [0.4, 0.5) is 17.1 Å². The first-order chi connectivity index (χ1) is 25.0. The molecular weight excluding hydrogens is 938 g/mol. The first-order valence-corrected chi connectivity index (χ1v) is 20.0. The van der Waals surface area contributed by atoms with E-state index in [1.165, 1.54) is 39.2 Å². The minimum absolute atomic E-state index is 0. The van der Waals surface area contributed by atoms with E-state index in [1.54, 1.807) is 42.1 Å². The second-order valence-corrected chi connectivity index (χ2v) is 16.6. The van der Waals surface area contributed by atoms with Crippen molar-refractivity contribution < 1.29 is 0 Å². The highest BCUT2D eigenvalue weighted by Crippen LogP contribution is 2.41. The standard InChI is InChI=1S/C16H12ClNS.C12H8Cl3NS.C12H9Cl2NS.3ClH/c17-15-10-13(18)6-8-16(15)19-14-7-5-11-3-1-2-4-12(11)9-14;13-8-2-1-3-11(12(8)15)17-10-5-4-7(16)6-9(10)14;13-9-3-1-2-4-11(9)16-12-6-5-8(15)7-10(12)14;;;/h1-10H,18H2;1-6H,16H2;1-7H,15H2;3*1H. The molecule has 0 spiro atoms. The van der Waals surface area contributed by atoms with E-state index in [1.807, 2.05) is 78.9 Å². The normalized spacial score (nSPS) is 10.0. The van der Waals surface area contributed by atoms with Crippen molar-refractivity contribution in [2.24, 2.45) is 0 Å². The van der Waals surface area contributed by atoms with E-state index in [-0.39, 0.29) is 37.2 Å². The maximum absolute atomic E-state index is 6.20. The highest BCUT2D eigenvalue weighted by molar-refractivity contribution is 8.00. The molecule has 6 N–H and O–H groups in total. The Hall–Kier alpha value is -2.14. The topological polar surface area (TPSA) is 78.1 Å². The Kier molecular flexibility index (Phi) is 21.3. The van der Waals surface area contributed by atoms with Gasteiger partial charge in [0.2, 0.25) is 0 Å². The predicted octanol–water partition coefficient (Wildman–Crippen LogP) is 16.6. The van der Waals surface area contributed by atoms with Crippen LogP contribution in [0.2, 0.25) is 30.1 Å². The molecule has 0 amide bonds. The lowest BCUT2D eigenvalue weighted by atomic mass is 10.1. The zero-order valence-corrected chi connectivity index (χ0v) is 37.7. The first kappa shape index (κ1) is 49.0. The Labute approximate surface area is 382 Å². The molecule has 7 aromatic carbocycles. The molecule has 55 heavy (non-hydrogen) atoms. The van der Waals surface area contributed by atoms with Crippen molar-refractivity contribution in [3.8, 4) is 0 Å². The summed E-state index contributed by atoms with van der Waals surface area (Å²) in [4.78, 5) is 5.88. The van der Waals surface area contributed by atoms with Gasteiger partial charge in [0.25, 0.3) is 0 Å². The van der Waals surface area contributed by atoms with Gasteiger partial charge in [0.15, 0.2) is 0 Å². The maximum Gasteiger partial charge on any atom is 0.0731 e. The highest BCUT2D eigenvalue weighted by Gasteiger charge is 2.09. The van der Waals surface area contributed by atoms with Crippen LogP contribution in [0.1, 0.15) is 0 Å². The average Bonchev–Trinajstić information content (AvgIpc) is 3.12. The second-order valence-electron chi connectivity index (χ2n) is 10.9. The van der Waals surface area contributed by atoms with E-state index >= 15 is 0 Å². The fourth-order valence-corrected chi connectivity index (χ4v) is 8.71. The minimum atomic E-state index is 0. The molecule has 0 aliphatic heterocycles. The molecule has 3 nitrogen and oxygen atoms in total. The summed E-state index contributed by atoms with van der Waals surface area (Å²) in [5, 5.41) is 6.21. The van der Waals surface area contributed by atoms with Gasteiger partial charge in [-0.2, -0.15) is 0 Å². The van der Waals surface area contributed by atoms with Gasteiger partial charge in [-0.1, -0.05) is 153 Å². The molecule has 15 heteroatoms. The Bertz CT molecular complexity index is 2330. The lowest BCUT2D eigenvalue weighted by Crippen LogP contribution is -1.85. The van der Waals surface area contributed by atoms with Gasteiger partial charge in [-0.3, -0.25) is 0 Å². The number of halogens is 9. The van der Waals surface area contributed by atoms with Gasteiger partial charge in [-0.25, -0.2) is 0 Å². The fourth-order valence-electron chi connectivity index (χ4n) is 4.48. The lowest BCUT2D eigenvalue weighted by Gasteiger charge is -2.07. The summed E-state index contributed by atoms with van der Waals surface area (Å²) >= 11 is 41.1. The number of rotatable bonds is 6. The van der Waals surface area contributed by atoms with Gasteiger partial charge < -0.3 is 17.2 Å². The molecule has 0 aliphatic carbocycles. The van der Waals surface area contributed by atoms with Crippen LogP contribution in [0.25, 0.3) is 10.8 Å². The fraction of sp³-hybridized carbons (Fsp3) is 0. The van der Waals surface area contributed by atoms with Crippen molar-refractivity contribution in [1.29, 1.82) is 0 Å². The Morgan fingerprint density at radius 1 is 0.327 bits per heavy atom. The Morgan fingerprint density at radius 3 is 1.27 bits per heavy atom. The van der Waals surface area contributed by atoms with Gasteiger partial charge in [0.1, 0.15) is 0 Å². The van der Waals surface area contributed by atoms with Crippen LogP contribution in [0, 0.1) is 0 Å². The third-order valence-electron chi connectivity index (χ3n) is 7.01. The van der Waals surface area contributed by atoms with Crippen LogP contribution in [0.3, 0.4) is 0 Å². The van der Waals surface area contributed by atoms with Gasteiger partial charge in [0.05, 0.1) is 30.1 Å². The largest absolute Gasteiger partial charge is 0.399 e. The van der Waals surface area contributed by atoms with Crippen LogP contribution >= 0.6 is 142 Å². The maximum atomic E-state index is 6.20. The molecule has 288 valence electrons. The number of fused-ring (bicyclic) bond motifs is 1. The lowest BCUT2D eigenvalue weighted by molar-refractivity contribution is 1.41. The minimum Gasteiger partial charge on any atom is -0.399 e. The van der Waals surface area contributed by atoms with Crippen LogP contribution in [-0.2, 0) is 0 Å². The molecule has 0 saturated carbocycles. The predicted molar refractivity (Wildman–Crippen MR) is 254 cm³/mol. The molecule has 0 fully saturated rings. The van der Waals surface area contributed by atoms with Gasteiger partial charge in [-0.15, -0.1) is 37.2 Å². The molecule has 0 heterocycles. The van der Waals surface area contributed by atoms with Crippen LogP contribution in [0.5, 0.6) is 0 Å². The van der Waals surface area contributed by atoms with Crippen molar-refractivity contribution in [2.45, 2.75) is 29.4 Å². The van der Waals surface area contributed by atoms with E-state index in [0.29, 0.717) is 42.2 Å². The zero-order valence-electron chi connectivity index (χ0n) is 28.2. The SMILES string of the molecule is Cl.Cl.Cl.Nc1ccc(Sc2ccc3ccccc3c2)c(Cl)c1.Nc1ccc(Sc2cccc(Cl)c2Cl)c(Cl)c1.Nc1ccc(Sc2ccccc2Cl)c(Cl)c1. The van der Waals surface area contributed by atoms with Crippen LogP contribution in [-0.4, -0.2) is 0 Å². The van der Waals surface area contributed by atoms with Crippen molar-refractivity contribution in [3.05, 3.63) is 170 Å². The van der Waals surface area contributed by atoms with Gasteiger partial charge in [0, 0.05) is 46.4 Å². The molecule has 0 bridgehead atoms. The molecule has 0 radical (unpaired) electrons. The van der Waals surface area contributed by atoms with E-state index in [4.69, 9.17) is 86.8 Å². The molecule has 0 unspecified atom stereocenters. The Balaban J connectivity index is 0.000000279. The molecule has 0 saturated heterocycles. The number of nitrogen functional groups attached to an aromatic ring is 3. The van der Waals surface area contributed by atoms with Gasteiger partial charge in [-0.05, 0) is 102 Å². The summed E-state index contributed by atoms with van der Waals surface area (Å²) in [6, 6.07) is 44.3. The molecule has 7 aromatic rings. The van der Waals surface area contributed by atoms with Crippen LogP contribution < -0.4 is 17.2 Å². The van der Waals surface area contributed by atoms with E-state index < -0.39 is 0 Å². The monoisotopic (exact) mass is 965 g/mol.